The van der Waals surface area contributed by atoms with Gasteiger partial charge in [0.1, 0.15) is 11.7 Å². The monoisotopic (exact) mass is 139 g/mol. The fourth-order valence-corrected chi connectivity index (χ4v) is 0.391. The molecule has 0 atom stereocenters. The van der Waals surface area contributed by atoms with E-state index in [1.54, 1.807) is 0 Å². The number of nitrogens with two attached hydrogens (primary N) is 2. The van der Waals surface area contributed by atoms with Crippen molar-refractivity contribution >= 4 is 5.84 Å². The number of rotatable bonds is 2. The van der Waals surface area contributed by atoms with Crippen molar-refractivity contribution in [3.8, 4) is 0 Å². The number of aliphatic imine (C=N–C) groups is 1. The van der Waals surface area contributed by atoms with E-state index in [1.807, 2.05) is 19.9 Å². The molecule has 0 bridgehead atoms. The van der Waals surface area contributed by atoms with E-state index in [4.69, 9.17) is 11.5 Å². The zero-order valence-corrected chi connectivity index (χ0v) is 6.39. The van der Waals surface area contributed by atoms with Gasteiger partial charge in [-0.25, -0.2) is 4.99 Å². The maximum atomic E-state index is 5.47. The van der Waals surface area contributed by atoms with Crippen LogP contribution in [0.4, 0.5) is 0 Å². The number of nitrogens with zero attached hydrogens (tertiary/aromatic N) is 1. The molecule has 3 heteroatoms. The number of allylic oxidation sites excluding steroid dienone is 1. The van der Waals surface area contributed by atoms with Crippen LogP contribution >= 0.6 is 0 Å². The van der Waals surface area contributed by atoms with Crippen LogP contribution in [0.1, 0.15) is 13.8 Å². The molecule has 56 valence electrons. The van der Waals surface area contributed by atoms with E-state index in [9.17, 15) is 0 Å². The van der Waals surface area contributed by atoms with Crippen LogP contribution in [0.25, 0.3) is 0 Å². The van der Waals surface area contributed by atoms with E-state index in [0.717, 1.165) is 5.57 Å². The molecule has 0 aliphatic carbocycles. The van der Waals surface area contributed by atoms with Crippen molar-refractivity contribution < 1.29 is 0 Å². The molecule has 0 unspecified atom stereocenters. The highest BCUT2D eigenvalue weighted by Gasteiger charge is 1.91. The lowest BCUT2D eigenvalue weighted by Crippen LogP contribution is -2.14. The Balaban J connectivity index is 4.35. The van der Waals surface area contributed by atoms with E-state index in [2.05, 4.69) is 11.6 Å². The van der Waals surface area contributed by atoms with Crippen LogP contribution in [0.2, 0.25) is 0 Å². The average Bonchev–Trinajstić information content (AvgIpc) is 1.85. The number of amidine groups is 1. The third-order valence-corrected chi connectivity index (χ3v) is 1.10. The number of hydrogen-bond donors (Lipinski definition) is 2. The van der Waals surface area contributed by atoms with Crippen molar-refractivity contribution in [1.29, 1.82) is 0 Å². The molecule has 0 saturated heterocycles. The minimum atomic E-state index is 0.235. The third kappa shape index (κ3) is 2.91. The molecule has 0 aliphatic rings. The first-order chi connectivity index (χ1) is 4.57. The van der Waals surface area contributed by atoms with Gasteiger partial charge in [0.15, 0.2) is 0 Å². The molecule has 3 nitrogen and oxygen atoms in total. The molecule has 0 aromatic carbocycles. The topological polar surface area (TPSA) is 64.4 Å². The van der Waals surface area contributed by atoms with Crippen molar-refractivity contribution in [3.63, 3.8) is 0 Å². The Morgan fingerprint density at radius 2 is 2.00 bits per heavy atom. The molecule has 0 radical (unpaired) electrons. The Morgan fingerprint density at radius 3 is 2.30 bits per heavy atom. The lowest BCUT2D eigenvalue weighted by atomic mass is 10.3. The summed E-state index contributed by atoms with van der Waals surface area (Å²) >= 11 is 0. The van der Waals surface area contributed by atoms with Gasteiger partial charge < -0.3 is 11.5 Å². The SMILES string of the molecule is C=C(N)/N=C(N)\C(C)=C/C. The van der Waals surface area contributed by atoms with E-state index in [0.29, 0.717) is 5.84 Å². The number of hydrogen-bond acceptors (Lipinski definition) is 2. The summed E-state index contributed by atoms with van der Waals surface area (Å²) in [4.78, 5) is 3.76. The van der Waals surface area contributed by atoms with E-state index in [-0.39, 0.29) is 5.82 Å². The molecule has 0 aromatic heterocycles. The van der Waals surface area contributed by atoms with Crippen molar-refractivity contribution in [2.45, 2.75) is 13.8 Å². The first-order valence-corrected chi connectivity index (χ1v) is 2.99. The van der Waals surface area contributed by atoms with Crippen LogP contribution in [0.3, 0.4) is 0 Å². The first-order valence-electron chi connectivity index (χ1n) is 2.99. The molecular weight excluding hydrogens is 126 g/mol. The Morgan fingerprint density at radius 1 is 1.50 bits per heavy atom. The smallest absolute Gasteiger partial charge is 0.128 e. The largest absolute Gasteiger partial charge is 0.384 e. The molecule has 0 aromatic rings. The van der Waals surface area contributed by atoms with E-state index < -0.39 is 0 Å². The van der Waals surface area contributed by atoms with Crippen LogP contribution in [0, 0.1) is 0 Å². The molecular formula is C7H13N3. The molecule has 0 spiro atoms. The maximum absolute atomic E-state index is 5.47. The van der Waals surface area contributed by atoms with Gasteiger partial charge in [0.25, 0.3) is 0 Å². The Kier molecular flexibility index (Phi) is 3.25. The molecule has 0 heterocycles. The zero-order valence-electron chi connectivity index (χ0n) is 6.39. The summed E-state index contributed by atoms with van der Waals surface area (Å²) in [6, 6.07) is 0. The third-order valence-electron chi connectivity index (χ3n) is 1.10. The summed E-state index contributed by atoms with van der Waals surface area (Å²) < 4.78 is 0. The normalized spacial score (nSPS) is 13.4. The molecule has 0 saturated carbocycles. The Labute approximate surface area is 61.1 Å². The van der Waals surface area contributed by atoms with Gasteiger partial charge in [0.2, 0.25) is 0 Å². The average molecular weight is 139 g/mol. The fraction of sp³-hybridized carbons (Fsp3) is 0.286. The van der Waals surface area contributed by atoms with Crippen molar-refractivity contribution in [1.82, 2.24) is 0 Å². The second-order valence-corrected chi connectivity index (χ2v) is 1.96. The summed E-state index contributed by atoms with van der Waals surface area (Å²) in [5.41, 5.74) is 11.6. The maximum Gasteiger partial charge on any atom is 0.128 e. The highest BCUT2D eigenvalue weighted by atomic mass is 14.9. The lowest BCUT2D eigenvalue weighted by Gasteiger charge is -1.97. The van der Waals surface area contributed by atoms with Crippen LogP contribution in [0.15, 0.2) is 29.0 Å². The van der Waals surface area contributed by atoms with Gasteiger partial charge in [-0.15, -0.1) is 0 Å². The van der Waals surface area contributed by atoms with Gasteiger partial charge in [-0.3, -0.25) is 0 Å². The van der Waals surface area contributed by atoms with Crippen LogP contribution in [0.5, 0.6) is 0 Å². The molecule has 10 heavy (non-hydrogen) atoms. The van der Waals surface area contributed by atoms with Gasteiger partial charge in [0.05, 0.1) is 0 Å². The Bertz CT molecular complexity index is 189. The summed E-state index contributed by atoms with van der Waals surface area (Å²) in [6.45, 7) is 7.14. The molecule has 0 fully saturated rings. The summed E-state index contributed by atoms with van der Waals surface area (Å²) in [5.74, 6) is 0.661. The minimum Gasteiger partial charge on any atom is -0.384 e. The molecule has 4 N–H and O–H groups in total. The van der Waals surface area contributed by atoms with Crippen LogP contribution < -0.4 is 11.5 Å². The predicted molar refractivity (Wildman–Crippen MR) is 44.4 cm³/mol. The van der Waals surface area contributed by atoms with Gasteiger partial charge in [-0.05, 0) is 19.4 Å². The summed E-state index contributed by atoms with van der Waals surface area (Å²) in [6.07, 6.45) is 1.86. The van der Waals surface area contributed by atoms with Crippen molar-refractivity contribution in [3.05, 3.63) is 24.0 Å². The highest BCUT2D eigenvalue weighted by molar-refractivity contribution is 5.96. The highest BCUT2D eigenvalue weighted by Crippen LogP contribution is 1.92. The van der Waals surface area contributed by atoms with Crippen molar-refractivity contribution in [2.75, 3.05) is 0 Å². The summed E-state index contributed by atoms with van der Waals surface area (Å²) in [5, 5.41) is 0. The zero-order chi connectivity index (χ0) is 8.15. The second kappa shape index (κ2) is 3.71. The van der Waals surface area contributed by atoms with Crippen LogP contribution in [-0.4, -0.2) is 5.84 Å². The van der Waals surface area contributed by atoms with Crippen molar-refractivity contribution in [2.24, 2.45) is 16.5 Å². The second-order valence-electron chi connectivity index (χ2n) is 1.96. The standard InChI is InChI=1S/C7H13N3/c1-4-5(2)7(9)10-6(3)8/h4H,3,8H2,1-2H3,(H2,9,10)/b5-4-. The van der Waals surface area contributed by atoms with E-state index >= 15 is 0 Å². The fourth-order valence-electron chi connectivity index (χ4n) is 0.391. The predicted octanol–water partition coefficient (Wildman–Crippen LogP) is 0.740. The van der Waals surface area contributed by atoms with Gasteiger partial charge in [-0.2, -0.15) is 0 Å². The van der Waals surface area contributed by atoms with Gasteiger partial charge in [0, 0.05) is 0 Å². The quantitative estimate of drug-likeness (QED) is 0.437. The van der Waals surface area contributed by atoms with Crippen LogP contribution in [-0.2, 0) is 0 Å². The lowest BCUT2D eigenvalue weighted by molar-refractivity contribution is 1.24. The molecule has 0 rings (SSSR count). The van der Waals surface area contributed by atoms with E-state index in [1.165, 1.54) is 0 Å². The molecule has 0 amide bonds. The molecule has 0 aliphatic heterocycles. The van der Waals surface area contributed by atoms with Gasteiger partial charge in [-0.1, -0.05) is 12.7 Å². The summed E-state index contributed by atoms with van der Waals surface area (Å²) in [7, 11) is 0. The Hall–Kier alpha value is -1.25. The van der Waals surface area contributed by atoms with Gasteiger partial charge >= 0.3 is 0 Å². The minimum absolute atomic E-state index is 0.235. The first kappa shape index (κ1) is 8.75.